The molecular formula is C12H32Mg3O25. The van der Waals surface area contributed by atoms with Gasteiger partial charge in [0.1, 0.15) is 11.2 Å². The number of carbonyl (C=O) groups is 6. The third-order valence-corrected chi connectivity index (χ3v) is 2.51. The van der Waals surface area contributed by atoms with Crippen molar-refractivity contribution in [3.8, 4) is 0 Å². The number of carboxylic acids is 6. The van der Waals surface area contributed by atoms with Crippen molar-refractivity contribution >= 4 is 105 Å². The van der Waals surface area contributed by atoms with Gasteiger partial charge in [0.15, 0.2) is 0 Å². The molecule has 236 valence electrons. The fourth-order valence-electron chi connectivity index (χ4n) is 1.37. The Balaban J connectivity index is -0.0000000152. The number of hydrogen-bond donors (Lipinski definition) is 2. The third kappa shape index (κ3) is 49.5. The Morgan fingerprint density at radius 1 is 0.375 bits per heavy atom. The summed E-state index contributed by atoms with van der Waals surface area (Å²) in [5.74, 6) is -12.0. The summed E-state index contributed by atoms with van der Waals surface area (Å²) >= 11 is 0. The number of carbonyl (C=O) groups excluding carboxylic acids is 6. The summed E-state index contributed by atoms with van der Waals surface area (Å²) in [6.45, 7) is 0. The molecule has 0 spiro atoms. The second-order valence-corrected chi connectivity index (χ2v) is 4.83. The van der Waals surface area contributed by atoms with Crippen molar-refractivity contribution in [3.05, 3.63) is 0 Å². The summed E-state index contributed by atoms with van der Waals surface area (Å²) in [5.41, 5.74) is -5.95. The fraction of sp³-hybridized carbons (Fsp3) is 0.500. The molecule has 0 saturated heterocycles. The Bertz CT molecular complexity index is 530. The minimum absolute atomic E-state index is 0. The van der Waals surface area contributed by atoms with Gasteiger partial charge in [-0.15, -0.1) is 0 Å². The molecule has 0 aromatic carbocycles. The first-order valence-electron chi connectivity index (χ1n) is 6.23. The Morgan fingerprint density at radius 3 is 0.525 bits per heavy atom. The molecule has 0 aromatic heterocycles. The molecule has 40 heavy (non-hydrogen) atoms. The summed E-state index contributed by atoms with van der Waals surface area (Å²) in [6.07, 6.45) is -5.43. The molecule has 24 N–H and O–H groups in total. The van der Waals surface area contributed by atoms with Gasteiger partial charge in [-0.05, 0) is 0 Å². The molecule has 0 aliphatic carbocycles. The quantitative estimate of drug-likeness (QED) is 0.208. The van der Waals surface area contributed by atoms with Crippen LogP contribution in [-0.2, 0) is 28.8 Å². The van der Waals surface area contributed by atoms with Crippen LogP contribution in [0.5, 0.6) is 0 Å². The second-order valence-electron chi connectivity index (χ2n) is 4.83. The van der Waals surface area contributed by atoms with E-state index in [0.717, 1.165) is 0 Å². The maximum atomic E-state index is 10.1. The zero-order valence-electron chi connectivity index (χ0n) is 20.2. The Hall–Kier alpha value is -1.40. The van der Waals surface area contributed by atoms with Gasteiger partial charge in [0.25, 0.3) is 0 Å². The van der Waals surface area contributed by atoms with Gasteiger partial charge in [0, 0.05) is 49.6 Å². The molecule has 0 aliphatic heterocycles. The standard InChI is InChI=1S/2C6H8O7.3Mg.11H2O/c2*7-3(8)1-6(13,5(11)12)2-4(9)10;;;;;;;;;;;;;;/h2*13H,1-2H2,(H,7,8)(H,9,10)(H,11,12);;;;11*1H2/q;;3*+2;;;;;;;;;;;/p-6. The van der Waals surface area contributed by atoms with Crippen LogP contribution in [0.25, 0.3) is 0 Å². The number of aliphatic carboxylic acids is 6. The number of rotatable bonds is 10. The van der Waals surface area contributed by atoms with Crippen LogP contribution in [0.3, 0.4) is 0 Å². The molecule has 0 radical (unpaired) electrons. The SMILES string of the molecule is O.O.O.O.O.O.O.O.O.O.O.O=C([O-])CC(O)(CC(=O)[O-])C(=O)[O-].O=C([O-])CC(O)(CC(=O)[O-])C(=O)[O-].[Mg+2].[Mg+2].[Mg+2]. The molecule has 25 nitrogen and oxygen atoms in total. The second kappa shape index (κ2) is 47.4. The van der Waals surface area contributed by atoms with Gasteiger partial charge in [-0.2, -0.15) is 0 Å². The van der Waals surface area contributed by atoms with Crippen LogP contribution in [0, 0.1) is 0 Å². The average molecular weight is 649 g/mol. The van der Waals surface area contributed by atoms with Crippen LogP contribution < -0.4 is 30.6 Å². The normalized spacial score (nSPS) is 7.05. The van der Waals surface area contributed by atoms with E-state index in [1.165, 1.54) is 0 Å². The Kier molecular flexibility index (Phi) is 127. The largest absolute Gasteiger partial charge is 2.00 e. The first-order chi connectivity index (χ1) is 11.6. The van der Waals surface area contributed by atoms with E-state index in [0.29, 0.717) is 0 Å². The first kappa shape index (κ1) is 107. The van der Waals surface area contributed by atoms with Crippen LogP contribution in [-0.4, -0.2) is 187 Å². The van der Waals surface area contributed by atoms with Crippen molar-refractivity contribution in [1.82, 2.24) is 0 Å². The minimum atomic E-state index is -2.97. The van der Waals surface area contributed by atoms with E-state index in [1.54, 1.807) is 0 Å². The minimum Gasteiger partial charge on any atom is -0.550 e. The van der Waals surface area contributed by atoms with Gasteiger partial charge >= 0.3 is 69.2 Å². The van der Waals surface area contributed by atoms with Crippen molar-refractivity contribution in [2.45, 2.75) is 36.9 Å². The molecule has 0 rings (SSSR count). The van der Waals surface area contributed by atoms with Crippen molar-refractivity contribution in [3.63, 3.8) is 0 Å². The van der Waals surface area contributed by atoms with Gasteiger partial charge in [-0.1, -0.05) is 0 Å². The van der Waals surface area contributed by atoms with E-state index < -0.39 is 72.7 Å². The van der Waals surface area contributed by atoms with Gasteiger partial charge in [0.2, 0.25) is 0 Å². The predicted octanol–water partition coefficient (Wildman–Crippen LogP) is -20.7. The maximum Gasteiger partial charge on any atom is 2.00 e. The third-order valence-electron chi connectivity index (χ3n) is 2.51. The molecule has 0 unspecified atom stereocenters. The molecule has 0 saturated carbocycles. The first-order valence-corrected chi connectivity index (χ1v) is 6.23. The van der Waals surface area contributed by atoms with Gasteiger partial charge in [-0.3, -0.25) is 0 Å². The van der Waals surface area contributed by atoms with E-state index in [9.17, 15) is 59.4 Å². The maximum absolute atomic E-state index is 10.1. The zero-order chi connectivity index (χ0) is 21.3. The summed E-state index contributed by atoms with van der Waals surface area (Å²) in [7, 11) is 0. The average Bonchev–Trinajstić information content (AvgIpc) is 2.34. The molecule has 0 heterocycles. The summed E-state index contributed by atoms with van der Waals surface area (Å²) < 4.78 is 0. The van der Waals surface area contributed by atoms with E-state index in [4.69, 9.17) is 10.2 Å². The summed E-state index contributed by atoms with van der Waals surface area (Å²) in [4.78, 5) is 60.0. The molecule has 0 bridgehead atoms. The smallest absolute Gasteiger partial charge is 0.550 e. The molecule has 0 aliphatic rings. The summed E-state index contributed by atoms with van der Waals surface area (Å²) in [5, 5.41) is 77.9. The fourth-order valence-corrected chi connectivity index (χ4v) is 1.37. The molecule has 0 atom stereocenters. The number of hydrogen-bond acceptors (Lipinski definition) is 14. The van der Waals surface area contributed by atoms with Crippen molar-refractivity contribution in [1.29, 1.82) is 0 Å². The molecule has 0 amide bonds. The van der Waals surface area contributed by atoms with Crippen LogP contribution in [0.4, 0.5) is 0 Å². The Morgan fingerprint density at radius 2 is 0.475 bits per heavy atom. The molecular weight excluding hydrogens is 617 g/mol. The van der Waals surface area contributed by atoms with Crippen LogP contribution in [0.2, 0.25) is 0 Å². The van der Waals surface area contributed by atoms with Crippen LogP contribution >= 0.6 is 0 Å². The van der Waals surface area contributed by atoms with E-state index in [-0.39, 0.29) is 129 Å². The van der Waals surface area contributed by atoms with Crippen molar-refractivity contribution in [2.75, 3.05) is 0 Å². The van der Waals surface area contributed by atoms with E-state index in [2.05, 4.69) is 0 Å². The van der Waals surface area contributed by atoms with Gasteiger partial charge < -0.3 is 130 Å². The predicted molar refractivity (Wildman–Crippen MR) is 115 cm³/mol. The van der Waals surface area contributed by atoms with E-state index >= 15 is 0 Å². The topological polar surface area (TPSA) is 628 Å². The molecule has 28 heteroatoms. The van der Waals surface area contributed by atoms with Crippen molar-refractivity contribution < 1.29 is 130 Å². The van der Waals surface area contributed by atoms with E-state index in [1.807, 2.05) is 0 Å². The van der Waals surface area contributed by atoms with Gasteiger partial charge in [-0.25, -0.2) is 0 Å². The van der Waals surface area contributed by atoms with Crippen LogP contribution in [0.1, 0.15) is 25.7 Å². The molecule has 0 fully saturated rings. The van der Waals surface area contributed by atoms with Crippen molar-refractivity contribution in [2.24, 2.45) is 0 Å². The Labute approximate surface area is 270 Å². The zero-order valence-corrected chi connectivity index (χ0v) is 24.5. The van der Waals surface area contributed by atoms with Crippen LogP contribution in [0.15, 0.2) is 0 Å². The number of carboxylic acid groups (broad SMARTS) is 6. The van der Waals surface area contributed by atoms with Gasteiger partial charge in [0.05, 0.1) is 11.9 Å². The summed E-state index contributed by atoms with van der Waals surface area (Å²) in [6, 6.07) is 0. The monoisotopic (exact) mass is 648 g/mol. The number of aliphatic hydroxyl groups is 2. The molecule has 0 aromatic rings.